The molecule has 2 aromatic rings. The summed E-state index contributed by atoms with van der Waals surface area (Å²) in [6, 6.07) is 3.57. The maximum absolute atomic E-state index is 11.5. The van der Waals surface area contributed by atoms with E-state index in [1.54, 1.807) is 23.5 Å². The lowest BCUT2D eigenvalue weighted by molar-refractivity contribution is -0.382. The van der Waals surface area contributed by atoms with Gasteiger partial charge in [0.1, 0.15) is 5.69 Å². The van der Waals surface area contributed by atoms with E-state index in [9.17, 15) is 14.9 Å². The number of nitro groups is 1. The molecule has 1 amide bonds. The third-order valence-electron chi connectivity index (χ3n) is 3.64. The highest BCUT2D eigenvalue weighted by atomic mass is 32.1. The van der Waals surface area contributed by atoms with Crippen molar-refractivity contribution in [3.63, 3.8) is 0 Å². The quantitative estimate of drug-likeness (QED) is 0.694. The molecule has 0 bridgehead atoms. The van der Waals surface area contributed by atoms with Crippen LogP contribution >= 0.6 is 11.3 Å². The standard InChI is InChI=1S/C13H14N4O3S/c1-16-6-8(2-5-11(16)18)15-9-3-4-10-12(14-7-21-10)13(9)17(19)20/h3-4,7-8,15H,2,5-6H2,1H3. The Morgan fingerprint density at radius 2 is 2.33 bits per heavy atom. The summed E-state index contributed by atoms with van der Waals surface area (Å²) in [5.41, 5.74) is 2.49. The average molecular weight is 306 g/mol. The highest BCUT2D eigenvalue weighted by molar-refractivity contribution is 7.16. The van der Waals surface area contributed by atoms with E-state index >= 15 is 0 Å². The van der Waals surface area contributed by atoms with Gasteiger partial charge in [0.2, 0.25) is 5.91 Å². The zero-order chi connectivity index (χ0) is 15.0. The number of likely N-dealkylation sites (N-methyl/N-ethyl adjacent to an activating group) is 1. The van der Waals surface area contributed by atoms with Crippen molar-refractivity contribution in [2.24, 2.45) is 0 Å². The molecule has 0 aliphatic carbocycles. The predicted octanol–water partition coefficient (Wildman–Crippen LogP) is 2.24. The highest BCUT2D eigenvalue weighted by Gasteiger charge is 2.26. The number of thiazole rings is 1. The summed E-state index contributed by atoms with van der Waals surface area (Å²) < 4.78 is 0.795. The number of nitrogens with one attached hydrogen (secondary N) is 1. The maximum Gasteiger partial charge on any atom is 0.319 e. The molecule has 2 heterocycles. The van der Waals surface area contributed by atoms with E-state index in [2.05, 4.69) is 10.3 Å². The summed E-state index contributed by atoms with van der Waals surface area (Å²) in [5, 5.41) is 14.6. The van der Waals surface area contributed by atoms with E-state index in [-0.39, 0.29) is 17.6 Å². The van der Waals surface area contributed by atoms with Gasteiger partial charge in [-0.15, -0.1) is 11.3 Å². The van der Waals surface area contributed by atoms with Gasteiger partial charge in [0.25, 0.3) is 0 Å². The smallest absolute Gasteiger partial charge is 0.319 e. The lowest BCUT2D eigenvalue weighted by Gasteiger charge is -2.30. The van der Waals surface area contributed by atoms with Crippen LogP contribution in [0.1, 0.15) is 12.8 Å². The number of hydrogen-bond donors (Lipinski definition) is 1. The lowest BCUT2D eigenvalue weighted by atomic mass is 10.0. The second-order valence-corrected chi connectivity index (χ2v) is 5.96. The van der Waals surface area contributed by atoms with Crippen molar-refractivity contribution in [3.8, 4) is 0 Å². The number of rotatable bonds is 3. The maximum atomic E-state index is 11.5. The van der Waals surface area contributed by atoms with Gasteiger partial charge in [-0.2, -0.15) is 0 Å². The average Bonchev–Trinajstić information content (AvgIpc) is 2.90. The zero-order valence-electron chi connectivity index (χ0n) is 11.4. The van der Waals surface area contributed by atoms with E-state index < -0.39 is 4.92 Å². The molecule has 1 atom stereocenters. The third-order valence-corrected chi connectivity index (χ3v) is 4.44. The van der Waals surface area contributed by atoms with Gasteiger partial charge in [-0.1, -0.05) is 0 Å². The highest BCUT2D eigenvalue weighted by Crippen LogP contribution is 2.35. The van der Waals surface area contributed by atoms with Gasteiger partial charge in [-0.05, 0) is 18.6 Å². The Morgan fingerprint density at radius 1 is 1.52 bits per heavy atom. The number of carbonyl (C=O) groups is 1. The van der Waals surface area contributed by atoms with Gasteiger partial charge < -0.3 is 10.2 Å². The largest absolute Gasteiger partial charge is 0.375 e. The molecule has 21 heavy (non-hydrogen) atoms. The Hall–Kier alpha value is -2.22. The van der Waals surface area contributed by atoms with Gasteiger partial charge in [0, 0.05) is 26.1 Å². The van der Waals surface area contributed by atoms with Gasteiger partial charge in [-0.3, -0.25) is 14.9 Å². The first-order valence-electron chi connectivity index (χ1n) is 6.57. The summed E-state index contributed by atoms with van der Waals surface area (Å²) in [6.45, 7) is 0.547. The fourth-order valence-corrected chi connectivity index (χ4v) is 3.25. The monoisotopic (exact) mass is 306 g/mol. The second kappa shape index (κ2) is 5.28. The molecule has 0 radical (unpaired) electrons. The summed E-state index contributed by atoms with van der Waals surface area (Å²) in [7, 11) is 1.74. The van der Waals surface area contributed by atoms with Gasteiger partial charge >= 0.3 is 5.69 Å². The summed E-state index contributed by atoms with van der Waals surface area (Å²) in [6.07, 6.45) is 1.14. The summed E-state index contributed by atoms with van der Waals surface area (Å²) >= 11 is 1.38. The number of benzene rings is 1. The van der Waals surface area contributed by atoms with Crippen LogP contribution in [0.4, 0.5) is 11.4 Å². The minimum atomic E-state index is -0.401. The molecule has 1 aromatic carbocycles. The molecule has 0 spiro atoms. The zero-order valence-corrected chi connectivity index (χ0v) is 12.2. The van der Waals surface area contributed by atoms with E-state index in [1.807, 2.05) is 6.07 Å². The van der Waals surface area contributed by atoms with Crippen LogP contribution in [-0.2, 0) is 4.79 Å². The Labute approximate surface area is 124 Å². The molecule has 1 unspecified atom stereocenters. The molecule has 7 nitrogen and oxygen atoms in total. The first-order valence-corrected chi connectivity index (χ1v) is 7.45. The number of anilines is 1. The molecule has 0 saturated carbocycles. The number of nitrogens with zero attached hydrogens (tertiary/aromatic N) is 3. The van der Waals surface area contributed by atoms with Crippen LogP contribution in [0.2, 0.25) is 0 Å². The SMILES string of the molecule is CN1CC(Nc2ccc3scnc3c2[N+](=O)[O-])CCC1=O. The van der Waals surface area contributed by atoms with Crippen molar-refractivity contribution in [2.75, 3.05) is 18.9 Å². The molecule has 1 saturated heterocycles. The lowest BCUT2D eigenvalue weighted by Crippen LogP contribution is -2.43. The molecule has 110 valence electrons. The molecule has 1 aromatic heterocycles. The Kier molecular flexibility index (Phi) is 3.46. The van der Waals surface area contributed by atoms with Crippen LogP contribution in [0.5, 0.6) is 0 Å². The van der Waals surface area contributed by atoms with Gasteiger partial charge in [0.05, 0.1) is 15.1 Å². The number of amides is 1. The van der Waals surface area contributed by atoms with Gasteiger partial charge in [-0.25, -0.2) is 4.98 Å². The van der Waals surface area contributed by atoms with E-state index in [4.69, 9.17) is 0 Å². The Morgan fingerprint density at radius 3 is 3.05 bits per heavy atom. The number of fused-ring (bicyclic) bond motifs is 1. The van der Waals surface area contributed by atoms with Crippen molar-refractivity contribution < 1.29 is 9.72 Å². The number of piperidine rings is 1. The van der Waals surface area contributed by atoms with Crippen LogP contribution in [0, 0.1) is 10.1 Å². The topological polar surface area (TPSA) is 88.4 Å². The van der Waals surface area contributed by atoms with Crippen LogP contribution in [0.3, 0.4) is 0 Å². The molecule has 1 aliphatic rings. The van der Waals surface area contributed by atoms with E-state index in [1.165, 1.54) is 11.3 Å². The molecular weight excluding hydrogens is 292 g/mol. The Bertz CT molecular complexity index is 715. The minimum absolute atomic E-state index is 0.00769. The summed E-state index contributed by atoms with van der Waals surface area (Å²) in [5.74, 6) is 0.109. The number of hydrogen-bond acceptors (Lipinski definition) is 6. The molecular formula is C13H14N4O3S. The van der Waals surface area contributed by atoms with E-state index in [0.29, 0.717) is 30.6 Å². The van der Waals surface area contributed by atoms with Crippen molar-refractivity contribution in [3.05, 3.63) is 27.8 Å². The first kappa shape index (κ1) is 13.7. The second-order valence-electron chi connectivity index (χ2n) is 5.07. The fourth-order valence-electron chi connectivity index (χ4n) is 2.57. The minimum Gasteiger partial charge on any atom is -0.375 e. The normalized spacial score (nSPS) is 19.0. The molecule has 1 fully saturated rings. The van der Waals surface area contributed by atoms with Crippen LogP contribution in [0.25, 0.3) is 10.2 Å². The Balaban J connectivity index is 1.91. The number of carbonyl (C=O) groups excluding carboxylic acids is 1. The molecule has 1 aliphatic heterocycles. The van der Waals surface area contributed by atoms with Crippen molar-refractivity contribution >= 4 is 38.8 Å². The van der Waals surface area contributed by atoms with Crippen molar-refractivity contribution in [2.45, 2.75) is 18.9 Å². The summed E-state index contributed by atoms with van der Waals surface area (Å²) in [4.78, 5) is 28.2. The van der Waals surface area contributed by atoms with Crippen molar-refractivity contribution in [1.29, 1.82) is 0 Å². The fraction of sp³-hybridized carbons (Fsp3) is 0.385. The third kappa shape index (κ3) is 2.54. The van der Waals surface area contributed by atoms with Crippen LogP contribution in [0.15, 0.2) is 17.6 Å². The van der Waals surface area contributed by atoms with Crippen LogP contribution < -0.4 is 5.32 Å². The van der Waals surface area contributed by atoms with E-state index in [0.717, 1.165) is 4.70 Å². The number of likely N-dealkylation sites (tertiary alicyclic amines) is 1. The molecule has 1 N–H and O–H groups in total. The van der Waals surface area contributed by atoms with Gasteiger partial charge in [0.15, 0.2) is 5.52 Å². The predicted molar refractivity (Wildman–Crippen MR) is 80.6 cm³/mol. The first-order chi connectivity index (χ1) is 10.1. The van der Waals surface area contributed by atoms with Crippen LogP contribution in [-0.4, -0.2) is 40.3 Å². The van der Waals surface area contributed by atoms with Crippen molar-refractivity contribution in [1.82, 2.24) is 9.88 Å². The molecule has 8 heteroatoms. The number of aromatic nitrogens is 1. The number of nitro benzene ring substituents is 1. The molecule has 3 rings (SSSR count).